The molecule has 4 heteroatoms. The fourth-order valence-electron chi connectivity index (χ4n) is 4.47. The second-order valence-corrected chi connectivity index (χ2v) is 8.54. The summed E-state index contributed by atoms with van der Waals surface area (Å²) in [5, 5.41) is 13.0. The quantitative estimate of drug-likeness (QED) is 0.240. The summed E-state index contributed by atoms with van der Waals surface area (Å²) in [6.07, 6.45) is 7.98. The van der Waals surface area contributed by atoms with Gasteiger partial charge in [0, 0.05) is 17.7 Å². The molecule has 5 rings (SSSR count). The van der Waals surface area contributed by atoms with Crippen LogP contribution in [0.1, 0.15) is 41.5 Å². The molecule has 34 heavy (non-hydrogen) atoms. The number of carboxylic acids is 1. The summed E-state index contributed by atoms with van der Waals surface area (Å²) in [7, 11) is 0. The molecule has 0 unspecified atom stereocenters. The van der Waals surface area contributed by atoms with Crippen molar-refractivity contribution in [3.8, 4) is 11.3 Å². The molecule has 0 atom stereocenters. The van der Waals surface area contributed by atoms with Crippen molar-refractivity contribution < 1.29 is 14.4 Å². The molecule has 0 saturated heterocycles. The van der Waals surface area contributed by atoms with Gasteiger partial charge in [-0.15, -0.1) is 0 Å². The summed E-state index contributed by atoms with van der Waals surface area (Å²) < 4.78 is 5.01. The summed E-state index contributed by atoms with van der Waals surface area (Å²) in [4.78, 5) is 10.9. The molecule has 0 amide bonds. The fraction of sp³-hybridized carbons (Fsp3) is 0.133. The molecule has 1 aliphatic rings. The molecule has 3 aromatic carbocycles. The smallest absolute Gasteiger partial charge is 0.328 e. The van der Waals surface area contributed by atoms with Crippen molar-refractivity contribution in [1.29, 1.82) is 0 Å². The minimum absolute atomic E-state index is 0.513. The Kier molecular flexibility index (Phi) is 6.21. The molecule has 168 valence electrons. The van der Waals surface area contributed by atoms with Gasteiger partial charge in [-0.25, -0.2) is 4.79 Å². The normalized spacial score (nSPS) is 14.6. The Balaban J connectivity index is 1.65. The Hall–Kier alpha value is -4.18. The number of hydrogen-bond donors (Lipinski definition) is 1. The number of aromatic nitrogens is 1. The molecular formula is C30H25NO3. The van der Waals surface area contributed by atoms with Gasteiger partial charge < -0.3 is 9.63 Å². The average molecular weight is 448 g/mol. The maximum absolute atomic E-state index is 10.9. The molecule has 1 fully saturated rings. The Morgan fingerprint density at radius 1 is 0.853 bits per heavy atom. The largest absolute Gasteiger partial charge is 0.478 e. The maximum atomic E-state index is 10.9. The van der Waals surface area contributed by atoms with Crippen LogP contribution in [0.25, 0.3) is 28.5 Å². The van der Waals surface area contributed by atoms with E-state index in [9.17, 15) is 4.79 Å². The first kappa shape index (κ1) is 21.7. The zero-order valence-electron chi connectivity index (χ0n) is 18.7. The highest BCUT2D eigenvalue weighted by molar-refractivity contribution is 6.00. The van der Waals surface area contributed by atoms with Crippen LogP contribution < -0.4 is 0 Å². The van der Waals surface area contributed by atoms with Gasteiger partial charge in [0.25, 0.3) is 0 Å². The zero-order chi connectivity index (χ0) is 23.3. The third-order valence-electron chi connectivity index (χ3n) is 6.39. The van der Waals surface area contributed by atoms with Crippen molar-refractivity contribution in [2.75, 3.05) is 0 Å². The monoisotopic (exact) mass is 447 g/mol. The lowest BCUT2D eigenvalue weighted by atomic mass is 9.73. The van der Waals surface area contributed by atoms with E-state index in [1.165, 1.54) is 36.0 Å². The molecule has 0 aliphatic heterocycles. The first-order chi connectivity index (χ1) is 16.7. The van der Waals surface area contributed by atoms with Crippen LogP contribution in [0.5, 0.6) is 0 Å². The van der Waals surface area contributed by atoms with Gasteiger partial charge in [-0.05, 0) is 58.2 Å². The molecule has 1 aliphatic carbocycles. The van der Waals surface area contributed by atoms with E-state index in [2.05, 4.69) is 71.9 Å². The number of aliphatic carboxylic acids is 1. The summed E-state index contributed by atoms with van der Waals surface area (Å²) in [5.41, 5.74) is 8.78. The summed E-state index contributed by atoms with van der Waals surface area (Å²) in [5.74, 6) is -0.438. The number of rotatable bonds is 7. The SMILES string of the molecule is O=C(O)C=Cc1ccc(C(=C(c2ccccc2)C2CCC2)c2ccc(-c3ccon3)cc2)cc1. The van der Waals surface area contributed by atoms with Crippen LogP contribution in [-0.2, 0) is 4.79 Å². The molecule has 0 bridgehead atoms. The number of benzene rings is 3. The maximum Gasteiger partial charge on any atom is 0.328 e. The van der Waals surface area contributed by atoms with Gasteiger partial charge in [-0.3, -0.25) is 0 Å². The molecule has 1 heterocycles. The van der Waals surface area contributed by atoms with Crippen LogP contribution in [0.4, 0.5) is 0 Å². The minimum atomic E-state index is -0.951. The standard InChI is InChI=1S/C30H25NO3/c32-28(33)18-11-21-9-12-25(13-10-21)30(26-16-14-22(15-17-26)27-19-20-34-31-27)29(24-7-4-8-24)23-5-2-1-3-6-23/h1-3,5-6,9-20,24H,4,7-8H2,(H,32,33). The average Bonchev–Trinajstić information content (AvgIpc) is 3.38. The first-order valence-corrected chi connectivity index (χ1v) is 11.5. The predicted octanol–water partition coefficient (Wildman–Crippen LogP) is 7.20. The number of allylic oxidation sites excluding steroid dienone is 1. The van der Waals surface area contributed by atoms with E-state index in [0.717, 1.165) is 34.0 Å². The number of carbonyl (C=O) groups is 1. The lowest BCUT2D eigenvalue weighted by Gasteiger charge is -2.31. The zero-order valence-corrected chi connectivity index (χ0v) is 18.7. The van der Waals surface area contributed by atoms with Gasteiger partial charge in [0.05, 0.1) is 0 Å². The van der Waals surface area contributed by atoms with Crippen LogP contribution in [-0.4, -0.2) is 16.2 Å². The minimum Gasteiger partial charge on any atom is -0.478 e. The van der Waals surface area contributed by atoms with Crippen LogP contribution in [0, 0.1) is 5.92 Å². The van der Waals surface area contributed by atoms with Gasteiger partial charge in [0.2, 0.25) is 0 Å². The number of nitrogens with zero attached hydrogens (tertiary/aromatic N) is 1. The highest BCUT2D eigenvalue weighted by Crippen LogP contribution is 2.45. The van der Waals surface area contributed by atoms with Crippen molar-refractivity contribution in [3.05, 3.63) is 120 Å². The van der Waals surface area contributed by atoms with E-state index in [4.69, 9.17) is 9.63 Å². The van der Waals surface area contributed by atoms with E-state index >= 15 is 0 Å². The van der Waals surface area contributed by atoms with Crippen molar-refractivity contribution in [3.63, 3.8) is 0 Å². The molecule has 1 aromatic heterocycles. The Morgan fingerprint density at radius 2 is 1.53 bits per heavy atom. The lowest BCUT2D eigenvalue weighted by Crippen LogP contribution is -2.15. The molecule has 4 nitrogen and oxygen atoms in total. The lowest BCUT2D eigenvalue weighted by molar-refractivity contribution is -0.131. The molecule has 0 radical (unpaired) electrons. The van der Waals surface area contributed by atoms with Gasteiger partial charge >= 0.3 is 5.97 Å². The Labute approximate surface area is 198 Å². The number of carboxylic acid groups (broad SMARTS) is 1. The Bertz CT molecular complexity index is 1310. The van der Waals surface area contributed by atoms with E-state index < -0.39 is 5.97 Å². The second-order valence-electron chi connectivity index (χ2n) is 8.54. The molecular weight excluding hydrogens is 422 g/mol. The molecule has 0 spiro atoms. The Morgan fingerprint density at radius 3 is 2.09 bits per heavy atom. The molecule has 1 saturated carbocycles. The van der Waals surface area contributed by atoms with E-state index in [1.54, 1.807) is 12.3 Å². The van der Waals surface area contributed by atoms with E-state index in [1.807, 2.05) is 18.2 Å². The third kappa shape index (κ3) is 4.62. The molecule has 4 aromatic rings. The highest BCUT2D eigenvalue weighted by Gasteiger charge is 2.27. The van der Waals surface area contributed by atoms with Crippen LogP contribution in [0.15, 0.2) is 102 Å². The van der Waals surface area contributed by atoms with Crippen molar-refractivity contribution >= 4 is 23.2 Å². The van der Waals surface area contributed by atoms with Crippen LogP contribution in [0.2, 0.25) is 0 Å². The second kappa shape index (κ2) is 9.75. The third-order valence-corrected chi connectivity index (χ3v) is 6.39. The van der Waals surface area contributed by atoms with Gasteiger partial charge in [-0.1, -0.05) is 90.4 Å². The topological polar surface area (TPSA) is 63.3 Å². The predicted molar refractivity (Wildman–Crippen MR) is 135 cm³/mol. The van der Waals surface area contributed by atoms with E-state index in [0.29, 0.717) is 5.92 Å². The summed E-state index contributed by atoms with van der Waals surface area (Å²) in [6, 6.07) is 29.1. The summed E-state index contributed by atoms with van der Waals surface area (Å²) in [6.45, 7) is 0. The molecule has 1 N–H and O–H groups in total. The van der Waals surface area contributed by atoms with E-state index in [-0.39, 0.29) is 0 Å². The van der Waals surface area contributed by atoms with Gasteiger partial charge in [0.1, 0.15) is 12.0 Å². The summed E-state index contributed by atoms with van der Waals surface area (Å²) >= 11 is 0. The van der Waals surface area contributed by atoms with Crippen LogP contribution in [0.3, 0.4) is 0 Å². The van der Waals surface area contributed by atoms with Gasteiger partial charge in [0.15, 0.2) is 0 Å². The van der Waals surface area contributed by atoms with Crippen LogP contribution >= 0.6 is 0 Å². The van der Waals surface area contributed by atoms with Crippen molar-refractivity contribution in [2.24, 2.45) is 5.92 Å². The first-order valence-electron chi connectivity index (χ1n) is 11.5. The van der Waals surface area contributed by atoms with Crippen molar-refractivity contribution in [2.45, 2.75) is 19.3 Å². The van der Waals surface area contributed by atoms with Gasteiger partial charge in [-0.2, -0.15) is 0 Å². The highest BCUT2D eigenvalue weighted by atomic mass is 16.5. The van der Waals surface area contributed by atoms with Crippen molar-refractivity contribution in [1.82, 2.24) is 5.16 Å². The number of hydrogen-bond acceptors (Lipinski definition) is 3. The fourth-order valence-corrected chi connectivity index (χ4v) is 4.47.